The Bertz CT molecular complexity index is 896. The van der Waals surface area contributed by atoms with E-state index in [4.69, 9.17) is 11.6 Å². The summed E-state index contributed by atoms with van der Waals surface area (Å²) in [6.07, 6.45) is 3.69. The number of nitrogens with one attached hydrogen (secondary N) is 1. The van der Waals surface area contributed by atoms with Crippen molar-refractivity contribution in [1.82, 2.24) is 5.32 Å². The van der Waals surface area contributed by atoms with Crippen molar-refractivity contribution in [3.8, 4) is 0 Å². The molecule has 2 aromatic carbocycles. The molecule has 1 fully saturated rings. The molecule has 0 unspecified atom stereocenters. The van der Waals surface area contributed by atoms with Gasteiger partial charge >= 0.3 is 11.9 Å². The number of β-lactam (4-membered cyclic amide) rings is 1. The summed E-state index contributed by atoms with van der Waals surface area (Å²) < 4.78 is 4.69. The van der Waals surface area contributed by atoms with E-state index in [0.717, 1.165) is 5.56 Å². The molecule has 0 saturated carbocycles. The number of ether oxygens (including phenoxy) is 1. The molecule has 0 spiro atoms. The van der Waals surface area contributed by atoms with Crippen LogP contribution in [0.4, 0.5) is 5.69 Å². The van der Waals surface area contributed by atoms with E-state index in [0.29, 0.717) is 10.7 Å². The molecular formula is C21H19ClN2O4. The minimum Gasteiger partial charge on any atom is -0.459 e. The van der Waals surface area contributed by atoms with Gasteiger partial charge < -0.3 is 15.0 Å². The number of anilines is 1. The van der Waals surface area contributed by atoms with Crippen molar-refractivity contribution in [2.75, 3.05) is 11.5 Å². The highest BCUT2D eigenvalue weighted by molar-refractivity contribution is 6.33. The van der Waals surface area contributed by atoms with E-state index in [-0.39, 0.29) is 12.5 Å². The summed E-state index contributed by atoms with van der Waals surface area (Å²) in [5, 5.41) is 3.02. The molecule has 0 radical (unpaired) electrons. The van der Waals surface area contributed by atoms with Gasteiger partial charge in [-0.3, -0.25) is 9.59 Å². The second-order valence-corrected chi connectivity index (χ2v) is 6.55. The zero-order valence-electron chi connectivity index (χ0n) is 15.2. The zero-order valence-corrected chi connectivity index (χ0v) is 15.9. The van der Waals surface area contributed by atoms with Gasteiger partial charge in [0.2, 0.25) is 0 Å². The molecule has 7 heteroatoms. The molecule has 1 saturated heterocycles. The minimum atomic E-state index is -1.01. The maximum atomic E-state index is 12.7. The normalized spacial score (nSPS) is 18.6. The van der Waals surface area contributed by atoms with Crippen molar-refractivity contribution >= 4 is 41.1 Å². The third-order valence-electron chi connectivity index (χ3n) is 4.28. The Labute approximate surface area is 167 Å². The first-order chi connectivity index (χ1) is 13.5. The topological polar surface area (TPSA) is 75.7 Å². The maximum Gasteiger partial charge on any atom is 0.396 e. The van der Waals surface area contributed by atoms with E-state index >= 15 is 0 Å². The molecule has 144 valence electrons. The van der Waals surface area contributed by atoms with Crippen LogP contribution in [0.25, 0.3) is 6.08 Å². The molecular weight excluding hydrogens is 380 g/mol. The van der Waals surface area contributed by atoms with Gasteiger partial charge in [0, 0.05) is 10.7 Å². The van der Waals surface area contributed by atoms with Crippen LogP contribution < -0.4 is 10.2 Å². The first kappa shape index (κ1) is 19.6. The Kier molecular flexibility index (Phi) is 6.11. The van der Waals surface area contributed by atoms with Crippen LogP contribution in [0.2, 0.25) is 5.02 Å². The van der Waals surface area contributed by atoms with E-state index in [9.17, 15) is 14.4 Å². The van der Waals surface area contributed by atoms with Crippen LogP contribution in [0, 0.1) is 0 Å². The molecule has 0 aliphatic carbocycles. The van der Waals surface area contributed by atoms with Crippen LogP contribution in [0.3, 0.4) is 0 Å². The maximum absolute atomic E-state index is 12.7. The van der Waals surface area contributed by atoms with E-state index in [1.807, 2.05) is 42.5 Å². The fourth-order valence-corrected chi connectivity index (χ4v) is 3.05. The van der Waals surface area contributed by atoms with Crippen LogP contribution >= 0.6 is 11.6 Å². The Morgan fingerprint density at radius 3 is 2.46 bits per heavy atom. The molecule has 1 heterocycles. The van der Waals surface area contributed by atoms with Crippen LogP contribution in [-0.2, 0) is 19.1 Å². The molecule has 1 aliphatic heterocycles. The van der Waals surface area contributed by atoms with Gasteiger partial charge in [0.15, 0.2) is 0 Å². The van der Waals surface area contributed by atoms with Crippen molar-refractivity contribution in [1.29, 1.82) is 0 Å². The van der Waals surface area contributed by atoms with Crippen molar-refractivity contribution in [2.45, 2.75) is 19.0 Å². The van der Waals surface area contributed by atoms with Crippen molar-refractivity contribution in [3.63, 3.8) is 0 Å². The highest BCUT2D eigenvalue weighted by atomic mass is 35.5. The SMILES string of the molecule is CCOC(=O)C(=O)N[C@@H]1C(=O)N(c2ccc(Cl)cc2)[C@@H]1/C=C/c1ccccc1. The molecule has 0 aromatic heterocycles. The van der Waals surface area contributed by atoms with Gasteiger partial charge in [-0.25, -0.2) is 4.79 Å². The van der Waals surface area contributed by atoms with Crippen molar-refractivity contribution in [3.05, 3.63) is 71.3 Å². The lowest BCUT2D eigenvalue weighted by atomic mass is 9.92. The van der Waals surface area contributed by atoms with Crippen molar-refractivity contribution in [2.24, 2.45) is 0 Å². The monoisotopic (exact) mass is 398 g/mol. The molecule has 3 rings (SSSR count). The van der Waals surface area contributed by atoms with Crippen molar-refractivity contribution < 1.29 is 19.1 Å². The largest absolute Gasteiger partial charge is 0.459 e. The van der Waals surface area contributed by atoms with Gasteiger partial charge in [-0.2, -0.15) is 0 Å². The number of carbonyl (C=O) groups is 3. The number of benzene rings is 2. The standard InChI is InChI=1S/C21H19ClN2O4/c1-2-28-21(27)19(25)23-18-17(13-8-14-6-4-3-5-7-14)24(20(18)26)16-11-9-15(22)10-12-16/h3-13,17-18H,2H2,1H3,(H,23,25)/b13-8+/t17-,18+/m1/s1. The highest BCUT2D eigenvalue weighted by Gasteiger charge is 2.48. The van der Waals surface area contributed by atoms with Gasteiger partial charge in [-0.1, -0.05) is 54.1 Å². The van der Waals surface area contributed by atoms with Gasteiger partial charge in [-0.15, -0.1) is 0 Å². The zero-order chi connectivity index (χ0) is 20.1. The molecule has 1 N–H and O–H groups in total. The lowest BCUT2D eigenvalue weighted by Gasteiger charge is -2.45. The molecule has 0 bridgehead atoms. The van der Waals surface area contributed by atoms with E-state index in [1.54, 1.807) is 36.1 Å². The molecule has 28 heavy (non-hydrogen) atoms. The smallest absolute Gasteiger partial charge is 0.396 e. The highest BCUT2D eigenvalue weighted by Crippen LogP contribution is 2.30. The predicted molar refractivity (Wildman–Crippen MR) is 107 cm³/mol. The summed E-state index contributed by atoms with van der Waals surface area (Å²) >= 11 is 5.93. The first-order valence-electron chi connectivity index (χ1n) is 8.80. The number of halogens is 1. The van der Waals surface area contributed by atoms with E-state index in [1.165, 1.54) is 0 Å². The van der Waals surface area contributed by atoms with Gasteiger partial charge in [-0.05, 0) is 36.8 Å². The Morgan fingerprint density at radius 1 is 1.14 bits per heavy atom. The number of hydrogen-bond donors (Lipinski definition) is 1. The van der Waals surface area contributed by atoms with E-state index in [2.05, 4.69) is 10.1 Å². The van der Waals surface area contributed by atoms with Crippen LogP contribution in [0.1, 0.15) is 12.5 Å². The Morgan fingerprint density at radius 2 is 1.82 bits per heavy atom. The number of esters is 1. The van der Waals surface area contributed by atoms with Gasteiger partial charge in [0.1, 0.15) is 6.04 Å². The second-order valence-electron chi connectivity index (χ2n) is 6.12. The fraction of sp³-hybridized carbons (Fsp3) is 0.190. The number of amides is 2. The quantitative estimate of drug-likeness (QED) is 0.477. The average molecular weight is 399 g/mol. The molecule has 2 atom stereocenters. The lowest BCUT2D eigenvalue weighted by Crippen LogP contribution is -2.71. The third-order valence-corrected chi connectivity index (χ3v) is 4.53. The van der Waals surface area contributed by atoms with Crippen LogP contribution in [0.15, 0.2) is 60.7 Å². The predicted octanol–water partition coefficient (Wildman–Crippen LogP) is 2.82. The van der Waals surface area contributed by atoms with Gasteiger partial charge in [0.05, 0.1) is 12.6 Å². The summed E-state index contributed by atoms with van der Waals surface area (Å²) in [4.78, 5) is 37.8. The molecule has 2 aromatic rings. The first-order valence-corrected chi connectivity index (χ1v) is 9.18. The average Bonchev–Trinajstić information content (AvgIpc) is 2.71. The summed E-state index contributed by atoms with van der Waals surface area (Å²) in [6, 6.07) is 15.1. The number of hydrogen-bond acceptors (Lipinski definition) is 4. The summed E-state index contributed by atoms with van der Waals surface area (Å²) in [6.45, 7) is 1.69. The molecule has 1 aliphatic rings. The Balaban J connectivity index is 1.83. The summed E-state index contributed by atoms with van der Waals surface area (Å²) in [5.74, 6) is -2.26. The van der Waals surface area contributed by atoms with Crippen LogP contribution in [0.5, 0.6) is 0 Å². The van der Waals surface area contributed by atoms with Gasteiger partial charge in [0.25, 0.3) is 5.91 Å². The second kappa shape index (κ2) is 8.71. The lowest BCUT2D eigenvalue weighted by molar-refractivity contribution is -0.155. The van der Waals surface area contributed by atoms with Crippen LogP contribution in [-0.4, -0.2) is 36.5 Å². The Hall–Kier alpha value is -3.12. The van der Waals surface area contributed by atoms with E-state index < -0.39 is 24.0 Å². The summed E-state index contributed by atoms with van der Waals surface area (Å²) in [7, 11) is 0. The number of nitrogens with zero attached hydrogens (tertiary/aromatic N) is 1. The molecule has 2 amide bonds. The summed E-state index contributed by atoms with van der Waals surface area (Å²) in [5.41, 5.74) is 1.60. The third kappa shape index (κ3) is 4.23. The molecule has 6 nitrogen and oxygen atoms in total. The number of rotatable bonds is 5. The fourth-order valence-electron chi connectivity index (χ4n) is 2.93. The number of carbonyl (C=O) groups excluding carboxylic acids is 3. The minimum absolute atomic E-state index is 0.0824.